The van der Waals surface area contributed by atoms with Crippen molar-refractivity contribution in [1.29, 1.82) is 0 Å². The molecule has 1 aliphatic heterocycles. The number of Topliss-reactive ketones (excluding diaryl/α,β-unsaturated/α-hetero) is 1. The van der Waals surface area contributed by atoms with Crippen molar-refractivity contribution in [2.75, 3.05) is 6.54 Å². The summed E-state index contributed by atoms with van der Waals surface area (Å²) in [5, 5.41) is 0. The van der Waals surface area contributed by atoms with Crippen LogP contribution in [0.3, 0.4) is 0 Å². The second-order valence-corrected chi connectivity index (χ2v) is 4.93. The van der Waals surface area contributed by atoms with Gasteiger partial charge in [-0.05, 0) is 0 Å². The number of nitrogens with zero attached hydrogens (tertiary/aromatic N) is 1. The fourth-order valence-corrected chi connectivity index (χ4v) is 2.37. The molecule has 1 fully saturated rings. The van der Waals surface area contributed by atoms with Gasteiger partial charge in [-0.3, -0.25) is 4.79 Å². The Labute approximate surface area is 90.2 Å². The van der Waals surface area contributed by atoms with Crippen LogP contribution in [-0.4, -0.2) is 27.4 Å². The molecule has 1 rings (SSSR count). The lowest BCUT2D eigenvalue weighted by Gasteiger charge is -2.16. The third kappa shape index (κ3) is 2.59. The van der Waals surface area contributed by atoms with Crippen LogP contribution in [0.4, 0.5) is 8.78 Å². The number of rotatable bonds is 2. The van der Waals surface area contributed by atoms with Gasteiger partial charge in [0.25, 0.3) is 5.92 Å². The van der Waals surface area contributed by atoms with Crippen molar-refractivity contribution < 1.29 is 13.6 Å². The highest BCUT2D eigenvalue weighted by Crippen LogP contribution is 2.35. The van der Waals surface area contributed by atoms with Crippen LogP contribution in [0.5, 0.6) is 0 Å². The molecule has 76 valence electrons. The summed E-state index contributed by atoms with van der Waals surface area (Å²) in [5.41, 5.74) is 0. The van der Waals surface area contributed by atoms with Crippen LogP contribution in [0.25, 0.3) is 0 Å². The molecule has 0 aromatic rings. The number of carbonyl (C=O) groups excluding carboxylic acids is 1. The largest absolute Gasteiger partial charge is 0.298 e. The van der Waals surface area contributed by atoms with E-state index in [-0.39, 0.29) is 24.7 Å². The Balaban J connectivity index is 2.68. The van der Waals surface area contributed by atoms with Crippen LogP contribution in [0, 0.1) is 5.92 Å². The lowest BCUT2D eigenvalue weighted by atomic mass is 10.00. The van der Waals surface area contributed by atoms with Crippen LogP contribution >= 0.6 is 22.9 Å². The predicted molar refractivity (Wildman–Crippen MR) is 53.9 cm³/mol. The molecule has 0 aromatic heterocycles. The normalized spacial score (nSPS) is 28.3. The van der Waals surface area contributed by atoms with E-state index in [2.05, 4.69) is 0 Å². The summed E-state index contributed by atoms with van der Waals surface area (Å²) in [7, 11) is 0. The van der Waals surface area contributed by atoms with Gasteiger partial charge in [-0.1, -0.05) is 13.8 Å². The van der Waals surface area contributed by atoms with Gasteiger partial charge in [-0.25, -0.2) is 11.9 Å². The highest BCUT2D eigenvalue weighted by atomic mass is 127. The Morgan fingerprint density at radius 3 is 2.46 bits per heavy atom. The van der Waals surface area contributed by atoms with Gasteiger partial charge in [0.2, 0.25) is 0 Å². The maximum absolute atomic E-state index is 12.9. The van der Waals surface area contributed by atoms with Gasteiger partial charge in [0.15, 0.2) is 5.78 Å². The average molecular weight is 303 g/mol. The smallest absolute Gasteiger partial charge is 0.263 e. The number of carbonyl (C=O) groups is 1. The molecule has 0 bridgehead atoms. The molecule has 0 aromatic carbocycles. The van der Waals surface area contributed by atoms with E-state index in [4.69, 9.17) is 0 Å². The Hall–Kier alpha value is 0.220. The molecular weight excluding hydrogens is 291 g/mol. The van der Waals surface area contributed by atoms with Crippen LogP contribution < -0.4 is 0 Å². The van der Waals surface area contributed by atoms with Gasteiger partial charge in [-0.2, -0.15) is 0 Å². The maximum atomic E-state index is 12.9. The molecular formula is C8H12F2INO. The fourth-order valence-electron chi connectivity index (χ4n) is 1.40. The first-order valence-corrected chi connectivity index (χ1v) is 5.14. The first-order chi connectivity index (χ1) is 5.83. The van der Waals surface area contributed by atoms with E-state index in [9.17, 15) is 13.6 Å². The number of alkyl halides is 2. The lowest BCUT2D eigenvalue weighted by molar-refractivity contribution is -0.125. The zero-order valence-electron chi connectivity index (χ0n) is 7.56. The molecule has 2 nitrogen and oxygen atoms in total. The van der Waals surface area contributed by atoms with E-state index in [0.29, 0.717) is 0 Å². The highest BCUT2D eigenvalue weighted by molar-refractivity contribution is 14.1. The molecule has 0 N–H and O–H groups in total. The van der Waals surface area contributed by atoms with E-state index in [1.165, 1.54) is 3.11 Å². The summed E-state index contributed by atoms with van der Waals surface area (Å²) < 4.78 is 27.2. The molecule has 1 saturated heterocycles. The van der Waals surface area contributed by atoms with Gasteiger partial charge in [0.1, 0.15) is 0 Å². The average Bonchev–Trinajstić information content (AvgIpc) is 2.22. The van der Waals surface area contributed by atoms with Gasteiger partial charge in [0.05, 0.1) is 12.6 Å². The molecule has 0 aliphatic carbocycles. The summed E-state index contributed by atoms with van der Waals surface area (Å²) in [4.78, 5) is 11.5. The molecule has 0 spiro atoms. The molecule has 13 heavy (non-hydrogen) atoms. The Bertz CT molecular complexity index is 220. The number of ketones is 1. The van der Waals surface area contributed by atoms with Gasteiger partial charge < -0.3 is 0 Å². The molecule has 0 saturated carbocycles. The molecule has 1 heterocycles. The Morgan fingerprint density at radius 1 is 1.62 bits per heavy atom. The van der Waals surface area contributed by atoms with Crippen LogP contribution in [-0.2, 0) is 4.79 Å². The Morgan fingerprint density at radius 2 is 2.15 bits per heavy atom. The summed E-state index contributed by atoms with van der Waals surface area (Å²) in [6.45, 7) is 3.17. The summed E-state index contributed by atoms with van der Waals surface area (Å²) in [6.07, 6.45) is -0.326. The van der Waals surface area contributed by atoms with Crippen molar-refractivity contribution >= 4 is 28.6 Å². The predicted octanol–water partition coefficient (Wildman–Crippen LogP) is 2.27. The van der Waals surface area contributed by atoms with Crippen LogP contribution in [0.15, 0.2) is 0 Å². The summed E-state index contributed by atoms with van der Waals surface area (Å²) in [5.74, 6) is -2.96. The zero-order chi connectivity index (χ0) is 10.2. The van der Waals surface area contributed by atoms with Crippen LogP contribution in [0.1, 0.15) is 20.3 Å². The molecule has 1 aliphatic rings. The van der Waals surface area contributed by atoms with Crippen molar-refractivity contribution in [3.05, 3.63) is 0 Å². The minimum atomic E-state index is -2.70. The van der Waals surface area contributed by atoms with E-state index < -0.39 is 12.0 Å². The third-order valence-electron chi connectivity index (χ3n) is 2.11. The van der Waals surface area contributed by atoms with Crippen LogP contribution in [0.2, 0.25) is 0 Å². The second kappa shape index (κ2) is 3.76. The number of halogens is 3. The van der Waals surface area contributed by atoms with Crippen molar-refractivity contribution in [3.63, 3.8) is 0 Å². The van der Waals surface area contributed by atoms with Gasteiger partial charge in [-0.15, -0.1) is 0 Å². The van der Waals surface area contributed by atoms with E-state index in [1.807, 2.05) is 0 Å². The summed E-state index contributed by atoms with van der Waals surface area (Å²) in [6, 6.07) is -0.601. The quantitative estimate of drug-likeness (QED) is 0.576. The standard InChI is InChI=1S/C8H12F2INO/c1-5(2)7(13)6-3-8(9,10)4-12(6)11/h5-6H,3-4H2,1-2H3/t6-/m0/s1. The number of hydrogen-bond donors (Lipinski definition) is 0. The molecule has 1 atom stereocenters. The SMILES string of the molecule is CC(C)C(=O)[C@@H]1CC(F)(F)CN1I. The van der Waals surface area contributed by atoms with Gasteiger partial charge >= 0.3 is 0 Å². The topological polar surface area (TPSA) is 20.3 Å². The number of hydrogen-bond acceptors (Lipinski definition) is 2. The minimum Gasteiger partial charge on any atom is -0.298 e. The first kappa shape index (κ1) is 11.3. The van der Waals surface area contributed by atoms with E-state index in [0.717, 1.165) is 0 Å². The highest BCUT2D eigenvalue weighted by Gasteiger charge is 2.47. The molecule has 0 unspecified atom stereocenters. The fraction of sp³-hybridized carbons (Fsp3) is 0.875. The monoisotopic (exact) mass is 303 g/mol. The molecule has 0 amide bonds. The van der Waals surface area contributed by atoms with Crippen molar-refractivity contribution in [3.8, 4) is 0 Å². The molecule has 5 heteroatoms. The van der Waals surface area contributed by atoms with Crippen molar-refractivity contribution in [2.24, 2.45) is 5.92 Å². The third-order valence-corrected chi connectivity index (χ3v) is 3.12. The Kier molecular flexibility index (Phi) is 3.27. The van der Waals surface area contributed by atoms with Gasteiger partial charge in [0, 0.05) is 35.2 Å². The zero-order valence-corrected chi connectivity index (χ0v) is 9.72. The van der Waals surface area contributed by atoms with E-state index >= 15 is 0 Å². The van der Waals surface area contributed by atoms with E-state index in [1.54, 1.807) is 36.7 Å². The summed E-state index contributed by atoms with van der Waals surface area (Å²) >= 11 is 1.80. The van der Waals surface area contributed by atoms with Crippen molar-refractivity contribution in [2.45, 2.75) is 32.2 Å². The van der Waals surface area contributed by atoms with Crippen molar-refractivity contribution in [1.82, 2.24) is 3.11 Å². The molecule has 0 radical (unpaired) electrons. The second-order valence-electron chi connectivity index (χ2n) is 3.69. The maximum Gasteiger partial charge on any atom is 0.263 e. The minimum absolute atomic E-state index is 0.0911. The first-order valence-electron chi connectivity index (χ1n) is 4.17. The lowest BCUT2D eigenvalue weighted by Crippen LogP contribution is -2.31.